The average molecular weight is 306 g/mol. The first kappa shape index (κ1) is 17.6. The summed E-state index contributed by atoms with van der Waals surface area (Å²) in [5, 5.41) is 9.46. The Kier molecular flexibility index (Phi) is 5.63. The maximum Gasteiger partial charge on any atom is 0.411 e. The Morgan fingerprint density at radius 1 is 1.27 bits per heavy atom. The van der Waals surface area contributed by atoms with E-state index < -0.39 is 17.7 Å². The molecular formula is C16H22N2O4. The quantitative estimate of drug-likeness (QED) is 0.854. The Morgan fingerprint density at radius 3 is 2.36 bits per heavy atom. The standard InChI is InChI=1S/C16H22N2O4/c1-16(2,3)22-15(19)18(4)13(10-17)12-8-7-11(20-5)9-14(12)21-6/h7-9,13H,1-6H3. The van der Waals surface area contributed by atoms with Gasteiger partial charge in [0.15, 0.2) is 6.04 Å². The summed E-state index contributed by atoms with van der Waals surface area (Å²) in [6.07, 6.45) is -0.572. The SMILES string of the molecule is COc1ccc(C(C#N)N(C)C(=O)OC(C)(C)C)c(OC)c1. The number of amides is 1. The van der Waals surface area contributed by atoms with Gasteiger partial charge in [0.05, 0.1) is 20.3 Å². The summed E-state index contributed by atoms with van der Waals surface area (Å²) < 4.78 is 15.7. The summed E-state index contributed by atoms with van der Waals surface area (Å²) in [4.78, 5) is 13.4. The molecule has 0 aliphatic heterocycles. The number of hydrogen-bond acceptors (Lipinski definition) is 5. The molecule has 0 spiro atoms. The molecule has 0 bridgehead atoms. The van der Waals surface area contributed by atoms with Crippen molar-refractivity contribution in [2.24, 2.45) is 0 Å². The molecule has 6 nitrogen and oxygen atoms in total. The maximum absolute atomic E-state index is 12.1. The smallest absolute Gasteiger partial charge is 0.411 e. The summed E-state index contributed by atoms with van der Waals surface area (Å²) in [6, 6.07) is 6.36. The van der Waals surface area contributed by atoms with Gasteiger partial charge in [0.25, 0.3) is 0 Å². The van der Waals surface area contributed by atoms with Crippen molar-refractivity contribution in [3.8, 4) is 17.6 Å². The molecule has 1 atom stereocenters. The van der Waals surface area contributed by atoms with Crippen molar-refractivity contribution in [3.63, 3.8) is 0 Å². The lowest BCUT2D eigenvalue weighted by Gasteiger charge is -2.28. The number of benzene rings is 1. The second-order valence-electron chi connectivity index (χ2n) is 5.73. The largest absolute Gasteiger partial charge is 0.497 e. The van der Waals surface area contributed by atoms with Gasteiger partial charge in [0.2, 0.25) is 0 Å². The molecule has 0 fully saturated rings. The highest BCUT2D eigenvalue weighted by atomic mass is 16.6. The predicted molar refractivity (Wildman–Crippen MR) is 81.9 cm³/mol. The normalized spacial score (nSPS) is 12.0. The highest BCUT2D eigenvalue weighted by molar-refractivity contribution is 5.69. The maximum atomic E-state index is 12.1. The molecule has 22 heavy (non-hydrogen) atoms. The third-order valence-electron chi connectivity index (χ3n) is 2.93. The van der Waals surface area contributed by atoms with Crippen LogP contribution >= 0.6 is 0 Å². The Labute approximate surface area is 131 Å². The van der Waals surface area contributed by atoms with Crippen LogP contribution in [0.2, 0.25) is 0 Å². The molecule has 120 valence electrons. The van der Waals surface area contributed by atoms with E-state index in [0.29, 0.717) is 17.1 Å². The third kappa shape index (κ3) is 4.29. The van der Waals surface area contributed by atoms with Gasteiger partial charge in [-0.3, -0.25) is 4.90 Å². The first-order chi connectivity index (χ1) is 10.2. The number of ether oxygens (including phenoxy) is 3. The van der Waals surface area contributed by atoms with Gasteiger partial charge in [-0.05, 0) is 32.9 Å². The fourth-order valence-electron chi connectivity index (χ4n) is 1.85. The number of nitriles is 1. The first-order valence-electron chi connectivity index (χ1n) is 6.81. The van der Waals surface area contributed by atoms with Crippen LogP contribution in [-0.4, -0.2) is 37.9 Å². The van der Waals surface area contributed by atoms with Gasteiger partial charge in [0, 0.05) is 18.7 Å². The van der Waals surface area contributed by atoms with Gasteiger partial charge in [-0.1, -0.05) is 0 Å². The molecule has 1 unspecified atom stereocenters. The Balaban J connectivity index is 3.11. The van der Waals surface area contributed by atoms with Crippen LogP contribution in [0.3, 0.4) is 0 Å². The zero-order valence-corrected chi connectivity index (χ0v) is 13.8. The Hall–Kier alpha value is -2.42. The monoisotopic (exact) mass is 306 g/mol. The predicted octanol–water partition coefficient (Wildman–Crippen LogP) is 3.14. The van der Waals surface area contributed by atoms with E-state index in [1.165, 1.54) is 19.1 Å². The van der Waals surface area contributed by atoms with Crippen molar-refractivity contribution < 1.29 is 19.0 Å². The minimum absolute atomic E-state index is 0.473. The fraction of sp³-hybridized carbons (Fsp3) is 0.500. The van der Waals surface area contributed by atoms with Crippen LogP contribution in [0.25, 0.3) is 0 Å². The highest BCUT2D eigenvalue weighted by Gasteiger charge is 2.28. The van der Waals surface area contributed by atoms with Gasteiger partial charge in [0.1, 0.15) is 17.1 Å². The number of carbonyl (C=O) groups excluding carboxylic acids is 1. The van der Waals surface area contributed by atoms with Crippen LogP contribution in [0.4, 0.5) is 4.79 Å². The topological polar surface area (TPSA) is 71.8 Å². The summed E-state index contributed by atoms with van der Waals surface area (Å²) in [5.74, 6) is 1.08. The van der Waals surface area contributed by atoms with Crippen LogP contribution in [0.5, 0.6) is 11.5 Å². The second-order valence-corrected chi connectivity index (χ2v) is 5.73. The molecule has 6 heteroatoms. The molecule has 0 aliphatic rings. The summed E-state index contributed by atoms with van der Waals surface area (Å²) in [6.45, 7) is 5.32. The van der Waals surface area contributed by atoms with E-state index in [4.69, 9.17) is 14.2 Å². The van der Waals surface area contributed by atoms with E-state index in [-0.39, 0.29) is 0 Å². The lowest BCUT2D eigenvalue weighted by atomic mass is 10.1. The molecule has 0 N–H and O–H groups in total. The van der Waals surface area contributed by atoms with E-state index in [1.54, 1.807) is 46.1 Å². The highest BCUT2D eigenvalue weighted by Crippen LogP contribution is 2.32. The van der Waals surface area contributed by atoms with Crippen molar-refractivity contribution in [2.75, 3.05) is 21.3 Å². The average Bonchev–Trinajstić information content (AvgIpc) is 2.46. The minimum Gasteiger partial charge on any atom is -0.497 e. The number of nitrogens with zero attached hydrogens (tertiary/aromatic N) is 2. The third-order valence-corrected chi connectivity index (χ3v) is 2.93. The number of hydrogen-bond donors (Lipinski definition) is 0. The molecule has 0 heterocycles. The first-order valence-corrected chi connectivity index (χ1v) is 6.81. The summed E-state index contributed by atoms with van der Waals surface area (Å²) >= 11 is 0. The number of rotatable bonds is 4. The molecule has 0 aliphatic carbocycles. The number of carbonyl (C=O) groups is 1. The summed E-state index contributed by atoms with van der Waals surface area (Å²) in [5.41, 5.74) is -0.0610. The number of methoxy groups -OCH3 is 2. The van der Waals surface area contributed by atoms with E-state index in [2.05, 4.69) is 6.07 Å². The van der Waals surface area contributed by atoms with Crippen LogP contribution in [0.15, 0.2) is 18.2 Å². The zero-order chi connectivity index (χ0) is 16.9. The van der Waals surface area contributed by atoms with Crippen LogP contribution in [0.1, 0.15) is 32.4 Å². The van der Waals surface area contributed by atoms with E-state index in [0.717, 1.165) is 0 Å². The van der Waals surface area contributed by atoms with Crippen molar-refractivity contribution in [2.45, 2.75) is 32.4 Å². The van der Waals surface area contributed by atoms with Crippen molar-refractivity contribution in [1.29, 1.82) is 5.26 Å². The second kappa shape index (κ2) is 7.03. The molecule has 1 aromatic carbocycles. The molecule has 1 amide bonds. The minimum atomic E-state index is -0.823. The summed E-state index contributed by atoms with van der Waals surface area (Å²) in [7, 11) is 4.56. The molecular weight excluding hydrogens is 284 g/mol. The van der Waals surface area contributed by atoms with Crippen LogP contribution in [-0.2, 0) is 4.74 Å². The zero-order valence-electron chi connectivity index (χ0n) is 13.8. The molecule has 0 radical (unpaired) electrons. The van der Waals surface area contributed by atoms with E-state index in [9.17, 15) is 10.1 Å². The van der Waals surface area contributed by atoms with Gasteiger partial charge in [-0.15, -0.1) is 0 Å². The van der Waals surface area contributed by atoms with Gasteiger partial charge in [-0.25, -0.2) is 4.79 Å². The van der Waals surface area contributed by atoms with Crippen molar-refractivity contribution >= 4 is 6.09 Å². The molecule has 0 saturated heterocycles. The van der Waals surface area contributed by atoms with Gasteiger partial charge in [-0.2, -0.15) is 5.26 Å². The lowest BCUT2D eigenvalue weighted by Crippen LogP contribution is -2.36. The van der Waals surface area contributed by atoms with E-state index in [1.807, 2.05) is 0 Å². The lowest BCUT2D eigenvalue weighted by molar-refractivity contribution is 0.0257. The molecule has 0 saturated carbocycles. The van der Waals surface area contributed by atoms with Crippen LogP contribution < -0.4 is 9.47 Å². The Bertz CT molecular complexity index is 572. The molecule has 0 aromatic heterocycles. The van der Waals surface area contributed by atoms with E-state index >= 15 is 0 Å². The Morgan fingerprint density at radius 2 is 1.91 bits per heavy atom. The van der Waals surface area contributed by atoms with Crippen molar-refractivity contribution in [3.05, 3.63) is 23.8 Å². The molecule has 1 rings (SSSR count). The molecule has 1 aromatic rings. The van der Waals surface area contributed by atoms with Crippen LogP contribution in [0, 0.1) is 11.3 Å². The fourth-order valence-corrected chi connectivity index (χ4v) is 1.85. The van der Waals surface area contributed by atoms with Gasteiger partial charge >= 0.3 is 6.09 Å². The van der Waals surface area contributed by atoms with Crippen molar-refractivity contribution in [1.82, 2.24) is 4.90 Å². The van der Waals surface area contributed by atoms with Gasteiger partial charge < -0.3 is 14.2 Å².